The van der Waals surface area contributed by atoms with Crippen molar-refractivity contribution in [3.05, 3.63) is 144 Å². The third-order valence-electron chi connectivity index (χ3n) is 9.69. The molecule has 47 heavy (non-hydrogen) atoms. The van der Waals surface area contributed by atoms with Gasteiger partial charge >= 0.3 is 16.5 Å². The molecular formula is C40H32N6Ni. The first-order valence-corrected chi connectivity index (χ1v) is 15.8. The third kappa shape index (κ3) is 4.23. The van der Waals surface area contributed by atoms with Gasteiger partial charge in [0.25, 0.3) is 0 Å². The standard InChI is InChI=1S/C40H32N6.Ni/c1-39(2)31-23-45(25-15-7-5-8-16-25)37(41-31)33-27-19-11-13-21-29(27)35(43-33)40(3,4)36-30-22-14-12-20-28(30)34(44-36)38-42-32(39)24-46(38)26-17-9-6-10-18-26;/h5-24H,1-4H3;/q-2;+2. The van der Waals surface area contributed by atoms with Crippen molar-refractivity contribution in [1.82, 2.24) is 29.1 Å². The van der Waals surface area contributed by atoms with Crippen molar-refractivity contribution in [2.75, 3.05) is 0 Å². The quantitative estimate of drug-likeness (QED) is 0.175. The van der Waals surface area contributed by atoms with Crippen LogP contribution in [0.3, 0.4) is 0 Å². The maximum absolute atomic E-state index is 5.49. The summed E-state index contributed by atoms with van der Waals surface area (Å²) in [6.45, 7) is 8.89. The van der Waals surface area contributed by atoms with Gasteiger partial charge in [-0.15, -0.1) is 11.4 Å². The van der Waals surface area contributed by atoms with Gasteiger partial charge < -0.3 is 19.1 Å². The monoisotopic (exact) mass is 654 g/mol. The molecule has 0 saturated heterocycles. The van der Waals surface area contributed by atoms with Crippen LogP contribution in [-0.4, -0.2) is 19.1 Å². The summed E-state index contributed by atoms with van der Waals surface area (Å²) in [5.74, 6) is 1.63. The Morgan fingerprint density at radius 1 is 0.468 bits per heavy atom. The molecule has 8 aromatic rings. The summed E-state index contributed by atoms with van der Waals surface area (Å²) < 4.78 is 4.37. The molecule has 0 atom stereocenters. The van der Waals surface area contributed by atoms with Gasteiger partial charge in [-0.25, -0.2) is 9.97 Å². The average Bonchev–Trinajstić information content (AvgIpc) is 3.87. The zero-order valence-corrected chi connectivity index (χ0v) is 27.5. The van der Waals surface area contributed by atoms with E-state index in [0.717, 1.165) is 78.7 Å². The van der Waals surface area contributed by atoms with E-state index < -0.39 is 10.8 Å². The van der Waals surface area contributed by atoms with Crippen LogP contribution in [0.2, 0.25) is 0 Å². The van der Waals surface area contributed by atoms with E-state index in [4.69, 9.17) is 19.9 Å². The summed E-state index contributed by atoms with van der Waals surface area (Å²) in [5, 5.41) is 4.39. The van der Waals surface area contributed by atoms with Gasteiger partial charge in [0.15, 0.2) is 0 Å². The molecule has 0 amide bonds. The predicted octanol–water partition coefficient (Wildman–Crippen LogP) is 8.58. The molecule has 4 aromatic heterocycles. The number of hydrogen-bond donors (Lipinski definition) is 0. The molecule has 4 aromatic carbocycles. The van der Waals surface area contributed by atoms with Crippen LogP contribution in [0.4, 0.5) is 0 Å². The number of aromatic nitrogens is 6. The third-order valence-corrected chi connectivity index (χ3v) is 9.69. The number of benzene rings is 4. The molecule has 0 fully saturated rings. The van der Waals surface area contributed by atoms with Crippen molar-refractivity contribution in [2.45, 2.75) is 38.5 Å². The molecule has 0 unspecified atom stereocenters. The van der Waals surface area contributed by atoms with E-state index in [0.29, 0.717) is 0 Å². The van der Waals surface area contributed by atoms with Crippen LogP contribution >= 0.6 is 0 Å². The molecule has 5 heterocycles. The van der Waals surface area contributed by atoms with Gasteiger partial charge in [0, 0.05) is 23.8 Å². The maximum Gasteiger partial charge on any atom is 2.00 e. The van der Waals surface area contributed by atoms with Crippen molar-refractivity contribution in [2.24, 2.45) is 0 Å². The SMILES string of the molecule is CC1(C)c2cn(-c3ccccc3)c(n2)-c2[n-]c(c3ccccc23)C(C)(C)c2[n-]c(c3ccccc23)-c2nc1cn2-c1ccccc1.[Ni+2]. The first-order chi connectivity index (χ1) is 22.3. The second-order valence-corrected chi connectivity index (χ2v) is 13.3. The van der Waals surface area contributed by atoms with E-state index in [1.807, 2.05) is 12.1 Å². The number of fused-ring (bicyclic) bond motifs is 16. The van der Waals surface area contributed by atoms with Crippen LogP contribution in [0, 0.1) is 0 Å². The zero-order chi connectivity index (χ0) is 31.2. The Kier molecular flexibility index (Phi) is 6.51. The Balaban J connectivity index is 0.00000324. The summed E-state index contributed by atoms with van der Waals surface area (Å²) >= 11 is 0. The number of para-hydroxylation sites is 2. The molecule has 6 nitrogen and oxygen atoms in total. The van der Waals surface area contributed by atoms with Crippen LogP contribution in [0.5, 0.6) is 0 Å². The second kappa shape index (κ2) is 10.4. The smallest absolute Gasteiger partial charge is 0.657 e. The Morgan fingerprint density at radius 3 is 1.23 bits per heavy atom. The summed E-state index contributed by atoms with van der Waals surface area (Å²) in [6.07, 6.45) is 4.32. The van der Waals surface area contributed by atoms with Crippen molar-refractivity contribution >= 4 is 21.5 Å². The minimum Gasteiger partial charge on any atom is -0.657 e. The van der Waals surface area contributed by atoms with Gasteiger partial charge in [0.05, 0.1) is 16.8 Å². The summed E-state index contributed by atoms with van der Waals surface area (Å²) in [4.78, 5) is 21.8. The Hall–Kier alpha value is -5.13. The molecule has 8 bridgehead atoms. The van der Waals surface area contributed by atoms with Crippen molar-refractivity contribution in [1.29, 1.82) is 0 Å². The average molecular weight is 655 g/mol. The van der Waals surface area contributed by atoms with Gasteiger partial charge in [-0.3, -0.25) is 0 Å². The van der Waals surface area contributed by atoms with Crippen molar-refractivity contribution in [3.8, 4) is 34.4 Å². The van der Waals surface area contributed by atoms with Crippen LogP contribution in [0.15, 0.2) is 122 Å². The molecule has 0 saturated carbocycles. The topological polar surface area (TPSA) is 63.8 Å². The molecular weight excluding hydrogens is 623 g/mol. The fourth-order valence-corrected chi connectivity index (χ4v) is 7.06. The van der Waals surface area contributed by atoms with Gasteiger partial charge in [0.2, 0.25) is 0 Å². The number of hydrogen-bond acceptors (Lipinski definition) is 2. The minimum atomic E-state index is -0.538. The molecule has 0 aliphatic carbocycles. The molecule has 1 aliphatic heterocycles. The van der Waals surface area contributed by atoms with Crippen molar-refractivity contribution < 1.29 is 16.5 Å². The van der Waals surface area contributed by atoms with E-state index in [9.17, 15) is 0 Å². The normalized spacial score (nSPS) is 14.6. The fourth-order valence-electron chi connectivity index (χ4n) is 7.06. The second-order valence-electron chi connectivity index (χ2n) is 13.3. The van der Waals surface area contributed by atoms with Crippen LogP contribution in [-0.2, 0) is 27.3 Å². The van der Waals surface area contributed by atoms with E-state index in [1.54, 1.807) is 0 Å². The molecule has 232 valence electrons. The Morgan fingerprint density at radius 2 is 0.830 bits per heavy atom. The summed E-state index contributed by atoms with van der Waals surface area (Å²) in [6, 6.07) is 37.9. The van der Waals surface area contributed by atoms with Crippen molar-refractivity contribution in [3.63, 3.8) is 0 Å². The Bertz CT molecular complexity index is 2250. The largest absolute Gasteiger partial charge is 2.00 e. The predicted molar refractivity (Wildman–Crippen MR) is 184 cm³/mol. The van der Waals surface area contributed by atoms with Crippen LogP contribution in [0.1, 0.15) is 50.5 Å². The van der Waals surface area contributed by atoms with Gasteiger partial charge in [-0.2, -0.15) is 0 Å². The molecule has 7 heteroatoms. The molecule has 9 rings (SSSR count). The van der Waals surface area contributed by atoms with Gasteiger partial charge in [-0.05, 0) is 65.1 Å². The van der Waals surface area contributed by atoms with E-state index in [-0.39, 0.29) is 16.5 Å². The number of imidazole rings is 2. The first kappa shape index (κ1) is 29.3. The van der Waals surface area contributed by atoms with E-state index >= 15 is 0 Å². The zero-order valence-electron chi connectivity index (χ0n) is 26.5. The maximum atomic E-state index is 5.49. The summed E-state index contributed by atoms with van der Waals surface area (Å²) in [5.41, 5.74) is 6.55. The molecule has 1 aliphatic rings. The van der Waals surface area contributed by atoms with Gasteiger partial charge in [-0.1, -0.05) is 110 Å². The first-order valence-electron chi connectivity index (χ1n) is 15.8. The number of nitrogens with zero attached hydrogens (tertiary/aromatic N) is 6. The molecule has 0 spiro atoms. The number of rotatable bonds is 2. The van der Waals surface area contributed by atoms with E-state index in [1.165, 1.54) is 0 Å². The molecule has 0 radical (unpaired) electrons. The fraction of sp³-hybridized carbons (Fsp3) is 0.150. The molecule has 0 N–H and O–H groups in total. The van der Waals surface area contributed by atoms with Crippen LogP contribution in [0.25, 0.3) is 56.0 Å². The minimum absolute atomic E-state index is 0. The van der Waals surface area contributed by atoms with Crippen LogP contribution < -0.4 is 9.97 Å². The van der Waals surface area contributed by atoms with Gasteiger partial charge in [0.1, 0.15) is 11.6 Å². The Labute approximate surface area is 283 Å². The van der Waals surface area contributed by atoms with E-state index in [2.05, 4.69) is 146 Å². The summed E-state index contributed by atoms with van der Waals surface area (Å²) in [7, 11) is 0.